The summed E-state index contributed by atoms with van der Waals surface area (Å²) in [6.07, 6.45) is 2.52. The van der Waals surface area contributed by atoms with Gasteiger partial charge in [-0.1, -0.05) is 6.58 Å². The maximum absolute atomic E-state index is 10.9. The molecule has 0 saturated heterocycles. The zero-order valence-corrected chi connectivity index (χ0v) is 5.63. The second-order valence-corrected chi connectivity index (χ2v) is 2.02. The third-order valence-electron chi connectivity index (χ3n) is 1.32. The van der Waals surface area contributed by atoms with E-state index >= 15 is 0 Å². The number of rotatable bonds is 1. The van der Waals surface area contributed by atoms with Crippen LogP contribution in [-0.4, -0.2) is 16.7 Å². The Morgan fingerprint density at radius 3 is 2.40 bits per heavy atom. The van der Waals surface area contributed by atoms with E-state index < -0.39 is 0 Å². The van der Waals surface area contributed by atoms with Gasteiger partial charge >= 0.3 is 0 Å². The van der Waals surface area contributed by atoms with E-state index in [1.807, 2.05) is 0 Å². The predicted molar refractivity (Wildman–Crippen MR) is 35.8 cm³/mol. The van der Waals surface area contributed by atoms with Crippen LogP contribution in [0.15, 0.2) is 24.4 Å². The molecule has 0 radical (unpaired) electrons. The molecular formula is C7H7NO2. The predicted octanol–water partition coefficient (Wildman–Crippen LogP) is 0.445. The molecular weight excluding hydrogens is 130 g/mol. The molecule has 1 aliphatic rings. The van der Waals surface area contributed by atoms with Crippen LogP contribution in [0.5, 0.6) is 0 Å². The van der Waals surface area contributed by atoms with Gasteiger partial charge in [-0.05, 0) is 6.92 Å². The smallest absolute Gasteiger partial charge is 0.260 e. The highest BCUT2D eigenvalue weighted by molar-refractivity contribution is 6.16. The Hall–Kier alpha value is -1.38. The Morgan fingerprint density at radius 1 is 1.60 bits per heavy atom. The largest absolute Gasteiger partial charge is 0.269 e. The van der Waals surface area contributed by atoms with Crippen molar-refractivity contribution in [2.45, 2.75) is 6.92 Å². The first-order valence-electron chi connectivity index (χ1n) is 2.85. The fraction of sp³-hybridized carbons (Fsp3) is 0.143. The summed E-state index contributed by atoms with van der Waals surface area (Å²) in [6.45, 7) is 4.93. The van der Waals surface area contributed by atoms with Gasteiger partial charge in [-0.3, -0.25) is 14.5 Å². The molecule has 1 heterocycles. The van der Waals surface area contributed by atoms with Crippen molar-refractivity contribution in [1.82, 2.24) is 4.90 Å². The van der Waals surface area contributed by atoms with Gasteiger partial charge in [0.1, 0.15) is 0 Å². The van der Waals surface area contributed by atoms with Crippen LogP contribution >= 0.6 is 0 Å². The highest BCUT2D eigenvalue weighted by atomic mass is 16.2. The van der Waals surface area contributed by atoms with E-state index in [1.54, 1.807) is 6.92 Å². The van der Waals surface area contributed by atoms with E-state index in [4.69, 9.17) is 0 Å². The van der Waals surface area contributed by atoms with Crippen LogP contribution in [0.4, 0.5) is 0 Å². The Balaban J connectivity index is 2.97. The number of imide groups is 1. The van der Waals surface area contributed by atoms with E-state index in [0.717, 1.165) is 4.90 Å². The molecule has 10 heavy (non-hydrogen) atoms. The lowest BCUT2D eigenvalue weighted by atomic mass is 10.3. The molecule has 0 bridgehead atoms. The maximum atomic E-state index is 10.9. The first-order valence-corrected chi connectivity index (χ1v) is 2.85. The van der Waals surface area contributed by atoms with Crippen molar-refractivity contribution in [2.75, 3.05) is 0 Å². The van der Waals surface area contributed by atoms with Crippen molar-refractivity contribution < 1.29 is 9.59 Å². The molecule has 0 saturated carbocycles. The summed E-state index contributed by atoms with van der Waals surface area (Å²) in [7, 11) is 0. The van der Waals surface area contributed by atoms with Crippen molar-refractivity contribution in [1.29, 1.82) is 0 Å². The molecule has 3 nitrogen and oxygen atoms in total. The van der Waals surface area contributed by atoms with E-state index in [-0.39, 0.29) is 11.8 Å². The highest BCUT2D eigenvalue weighted by Gasteiger charge is 2.25. The maximum Gasteiger partial charge on any atom is 0.260 e. The number of carbonyl (C=O) groups is 2. The Kier molecular flexibility index (Phi) is 1.41. The molecule has 0 fully saturated rings. The number of hydrogen-bond donors (Lipinski definition) is 0. The molecule has 0 unspecified atom stereocenters. The van der Waals surface area contributed by atoms with Crippen LogP contribution in [0.25, 0.3) is 0 Å². The van der Waals surface area contributed by atoms with Crippen LogP contribution in [-0.2, 0) is 9.59 Å². The monoisotopic (exact) mass is 137 g/mol. The summed E-state index contributed by atoms with van der Waals surface area (Å²) in [5.41, 5.74) is 0.463. The zero-order chi connectivity index (χ0) is 7.72. The lowest BCUT2D eigenvalue weighted by molar-refractivity contribution is -0.133. The van der Waals surface area contributed by atoms with E-state index in [0.29, 0.717) is 5.57 Å². The fourth-order valence-electron chi connectivity index (χ4n) is 0.779. The second kappa shape index (κ2) is 2.10. The minimum absolute atomic E-state index is 0.278. The van der Waals surface area contributed by atoms with Crippen molar-refractivity contribution in [3.05, 3.63) is 24.4 Å². The van der Waals surface area contributed by atoms with Gasteiger partial charge in [0.25, 0.3) is 11.8 Å². The van der Waals surface area contributed by atoms with Gasteiger partial charge in [-0.15, -0.1) is 0 Å². The molecule has 0 spiro atoms. The molecule has 0 aromatic heterocycles. The molecule has 3 heteroatoms. The summed E-state index contributed by atoms with van der Waals surface area (Å²) in [4.78, 5) is 22.7. The van der Waals surface area contributed by atoms with E-state index in [2.05, 4.69) is 6.58 Å². The van der Waals surface area contributed by atoms with Crippen LogP contribution in [0.1, 0.15) is 6.92 Å². The van der Waals surface area contributed by atoms with Gasteiger partial charge in [0, 0.05) is 17.8 Å². The summed E-state index contributed by atoms with van der Waals surface area (Å²) in [5.74, 6) is -0.586. The zero-order valence-electron chi connectivity index (χ0n) is 5.63. The molecule has 52 valence electrons. The molecule has 0 atom stereocenters. The lowest BCUT2D eigenvalue weighted by Gasteiger charge is -2.05. The fourth-order valence-corrected chi connectivity index (χ4v) is 0.779. The van der Waals surface area contributed by atoms with Crippen LogP contribution in [0.3, 0.4) is 0 Å². The minimum Gasteiger partial charge on any atom is -0.269 e. The van der Waals surface area contributed by atoms with Gasteiger partial charge in [-0.2, -0.15) is 0 Å². The topological polar surface area (TPSA) is 37.4 Å². The molecule has 0 aromatic rings. The van der Waals surface area contributed by atoms with Gasteiger partial charge in [0.05, 0.1) is 0 Å². The summed E-state index contributed by atoms with van der Waals surface area (Å²) < 4.78 is 0. The summed E-state index contributed by atoms with van der Waals surface area (Å²) in [6, 6.07) is 0. The number of carbonyl (C=O) groups excluding carboxylic acids is 2. The molecule has 1 aliphatic heterocycles. The SMILES string of the molecule is C=CN1C(=O)C=C(C)C1=O. The first-order chi connectivity index (χ1) is 4.66. The lowest BCUT2D eigenvalue weighted by Crippen LogP contribution is -2.24. The second-order valence-electron chi connectivity index (χ2n) is 2.02. The van der Waals surface area contributed by atoms with Crippen LogP contribution in [0.2, 0.25) is 0 Å². The molecule has 0 N–H and O–H groups in total. The highest BCUT2D eigenvalue weighted by Crippen LogP contribution is 2.10. The van der Waals surface area contributed by atoms with Crippen molar-refractivity contribution in [3.63, 3.8) is 0 Å². The molecule has 0 aliphatic carbocycles. The van der Waals surface area contributed by atoms with Gasteiger partial charge < -0.3 is 0 Å². The van der Waals surface area contributed by atoms with Gasteiger partial charge in [0.2, 0.25) is 0 Å². The van der Waals surface area contributed by atoms with Gasteiger partial charge in [0.15, 0.2) is 0 Å². The first kappa shape index (κ1) is 6.74. The van der Waals surface area contributed by atoms with Crippen molar-refractivity contribution >= 4 is 11.8 Å². The van der Waals surface area contributed by atoms with E-state index in [9.17, 15) is 9.59 Å². The standard InChI is InChI=1S/C7H7NO2/c1-3-8-6(9)4-5(2)7(8)10/h3-4H,1H2,2H3. The van der Waals surface area contributed by atoms with Gasteiger partial charge in [-0.25, -0.2) is 0 Å². The number of hydrogen-bond acceptors (Lipinski definition) is 2. The Labute approximate surface area is 58.6 Å². The number of nitrogens with zero attached hydrogens (tertiary/aromatic N) is 1. The Bertz CT molecular complexity index is 240. The van der Waals surface area contributed by atoms with Crippen molar-refractivity contribution in [2.24, 2.45) is 0 Å². The summed E-state index contributed by atoms with van der Waals surface area (Å²) in [5, 5.41) is 0. The molecule has 0 aromatic carbocycles. The quantitative estimate of drug-likeness (QED) is 0.492. The number of amides is 2. The molecule has 1 rings (SSSR count). The van der Waals surface area contributed by atoms with Crippen LogP contribution in [0, 0.1) is 0 Å². The van der Waals surface area contributed by atoms with Crippen LogP contribution < -0.4 is 0 Å². The average Bonchev–Trinajstić information content (AvgIpc) is 2.09. The van der Waals surface area contributed by atoms with E-state index in [1.165, 1.54) is 12.3 Å². The normalized spacial score (nSPS) is 17.7. The third-order valence-corrected chi connectivity index (χ3v) is 1.32. The summed E-state index contributed by atoms with van der Waals surface area (Å²) >= 11 is 0. The minimum atomic E-state index is -0.308. The molecule has 2 amide bonds. The average molecular weight is 137 g/mol. The van der Waals surface area contributed by atoms with Crippen molar-refractivity contribution in [3.8, 4) is 0 Å². The Morgan fingerprint density at radius 2 is 2.20 bits per heavy atom. The third kappa shape index (κ3) is 0.757.